The molecule has 1 unspecified atom stereocenters. The lowest BCUT2D eigenvalue weighted by Gasteiger charge is -2.45. The smallest absolute Gasteiger partial charge is 0.210 e. The van der Waals surface area contributed by atoms with E-state index in [9.17, 15) is 13.0 Å². The summed E-state index contributed by atoms with van der Waals surface area (Å²) in [4.78, 5) is 12.6. The van der Waals surface area contributed by atoms with Crippen molar-refractivity contribution in [1.29, 1.82) is 0 Å². The van der Waals surface area contributed by atoms with E-state index in [4.69, 9.17) is 4.74 Å². The minimum absolute atomic E-state index is 0.0504. The van der Waals surface area contributed by atoms with E-state index in [1.807, 2.05) is 12.1 Å². The number of benzene rings is 2. The summed E-state index contributed by atoms with van der Waals surface area (Å²) in [6.07, 6.45) is 26.2. The molecule has 3 fully saturated rings. The molecule has 0 saturated carbocycles. The zero-order valence-corrected chi connectivity index (χ0v) is 35.8. The number of hydrogen-bond acceptors (Lipinski definition) is 8. The molecule has 1 atom stereocenters. The van der Waals surface area contributed by atoms with Gasteiger partial charge in [0.2, 0.25) is 9.84 Å². The Bertz CT molecular complexity index is 1770. The molecular formula is C45H67FN4O4S2. The molecular weight excluding hydrogens is 744 g/mol. The monoisotopic (exact) mass is 810 g/mol. The number of piperidine rings is 3. The van der Waals surface area contributed by atoms with Crippen LogP contribution < -0.4 is 9.64 Å². The number of rotatable bonds is 20. The lowest BCUT2D eigenvalue weighted by Crippen LogP contribution is -2.52. The van der Waals surface area contributed by atoms with E-state index in [1.165, 1.54) is 121 Å². The van der Waals surface area contributed by atoms with Crippen molar-refractivity contribution in [2.24, 2.45) is 0 Å². The minimum atomic E-state index is -4.17. The average molecular weight is 811 g/mol. The van der Waals surface area contributed by atoms with Crippen LogP contribution in [0.2, 0.25) is 0 Å². The van der Waals surface area contributed by atoms with Crippen LogP contribution in [-0.4, -0.2) is 92.0 Å². The number of hydrogen-bond donors (Lipinski definition) is 0. The third kappa shape index (κ3) is 11.4. The number of pyridine rings is 1. The Balaban J connectivity index is 1.08. The molecule has 0 aliphatic carbocycles. The molecule has 0 amide bonds. The quantitative estimate of drug-likeness (QED) is 0.0824. The number of sulfone groups is 1. The maximum absolute atomic E-state index is 15.5. The Morgan fingerprint density at radius 1 is 0.768 bits per heavy atom. The van der Waals surface area contributed by atoms with Gasteiger partial charge >= 0.3 is 0 Å². The third-order valence-electron chi connectivity index (χ3n) is 12.6. The average Bonchev–Trinajstić information content (AvgIpc) is 3.22. The normalized spacial score (nSPS) is 18.8. The van der Waals surface area contributed by atoms with Crippen molar-refractivity contribution in [3.63, 3.8) is 0 Å². The number of aromatic nitrogens is 1. The lowest BCUT2D eigenvalue weighted by molar-refractivity contribution is 0.0654. The lowest BCUT2D eigenvalue weighted by atomic mass is 9.95. The van der Waals surface area contributed by atoms with Crippen LogP contribution in [0.4, 0.5) is 10.1 Å². The van der Waals surface area contributed by atoms with Crippen LogP contribution in [0.3, 0.4) is 0 Å². The highest BCUT2D eigenvalue weighted by Gasteiger charge is 2.34. The Morgan fingerprint density at radius 2 is 1.36 bits per heavy atom. The summed E-state index contributed by atoms with van der Waals surface area (Å²) in [7, 11) is -4.17. The van der Waals surface area contributed by atoms with Crippen LogP contribution in [0.15, 0.2) is 57.3 Å². The van der Waals surface area contributed by atoms with E-state index in [2.05, 4.69) is 26.6 Å². The number of nitrogens with zero attached hydrogens (tertiary/aromatic N) is 4. The number of likely N-dealkylation sites (tertiary alicyclic amines) is 2. The zero-order chi connectivity index (χ0) is 39.3. The first-order valence-corrected chi connectivity index (χ1v) is 25.0. The van der Waals surface area contributed by atoms with E-state index in [-0.39, 0.29) is 15.5 Å². The van der Waals surface area contributed by atoms with E-state index >= 15 is 4.39 Å². The molecule has 0 N–H and O–H groups in total. The molecule has 56 heavy (non-hydrogen) atoms. The third-order valence-corrected chi connectivity index (χ3v) is 15.2. The van der Waals surface area contributed by atoms with Crippen molar-refractivity contribution in [1.82, 2.24) is 14.8 Å². The van der Waals surface area contributed by atoms with Crippen LogP contribution in [0.1, 0.15) is 129 Å². The Labute approximate surface area is 340 Å². The van der Waals surface area contributed by atoms with Gasteiger partial charge in [-0.05, 0) is 113 Å². The van der Waals surface area contributed by atoms with Gasteiger partial charge in [-0.3, -0.25) is 4.98 Å². The number of halogens is 1. The largest absolute Gasteiger partial charge is 0.612 e. The van der Waals surface area contributed by atoms with Crippen molar-refractivity contribution < 1.29 is 22.1 Å². The molecule has 6 rings (SSSR count). The molecule has 0 bridgehead atoms. The fourth-order valence-corrected chi connectivity index (χ4v) is 11.2. The highest BCUT2D eigenvalue weighted by atomic mass is 32.2. The molecule has 3 saturated heterocycles. The predicted octanol–water partition coefficient (Wildman–Crippen LogP) is 9.94. The summed E-state index contributed by atoms with van der Waals surface area (Å²) < 4.78 is 62.7. The maximum Gasteiger partial charge on any atom is 0.210 e. The molecule has 3 aromatic rings. The van der Waals surface area contributed by atoms with Crippen molar-refractivity contribution in [3.05, 3.63) is 48.4 Å². The van der Waals surface area contributed by atoms with Gasteiger partial charge in [-0.2, -0.15) is 0 Å². The predicted molar refractivity (Wildman–Crippen MR) is 228 cm³/mol. The molecule has 0 spiro atoms. The summed E-state index contributed by atoms with van der Waals surface area (Å²) in [5.74, 6) is -0.616. The van der Waals surface area contributed by atoms with Gasteiger partial charge in [0, 0.05) is 42.8 Å². The Morgan fingerprint density at radius 3 is 1.96 bits per heavy atom. The number of ether oxygens (including phenoxy) is 1. The zero-order valence-electron chi connectivity index (χ0n) is 34.2. The summed E-state index contributed by atoms with van der Waals surface area (Å²) in [5.41, 5.74) is 1.21. The summed E-state index contributed by atoms with van der Waals surface area (Å²) in [6, 6.07) is 10.5. The molecule has 3 aliphatic rings. The Hall–Kier alpha value is -2.44. The van der Waals surface area contributed by atoms with Crippen LogP contribution in [-0.2, 0) is 21.0 Å². The topological polar surface area (TPSA) is 89.0 Å². The van der Waals surface area contributed by atoms with E-state index in [0.29, 0.717) is 53.3 Å². The second kappa shape index (κ2) is 21.5. The summed E-state index contributed by atoms with van der Waals surface area (Å²) in [5, 5.41) is 0.655. The van der Waals surface area contributed by atoms with Crippen LogP contribution >= 0.6 is 0 Å². The van der Waals surface area contributed by atoms with Gasteiger partial charge in [-0.1, -0.05) is 84.0 Å². The molecule has 1 aromatic heterocycles. The number of fused-ring (bicyclic) bond motifs is 1. The fraction of sp³-hybridized carbons (Fsp3) is 0.667. The number of anilines is 1. The van der Waals surface area contributed by atoms with E-state index in [0.717, 1.165) is 51.3 Å². The molecule has 310 valence electrons. The highest BCUT2D eigenvalue weighted by Crippen LogP contribution is 2.39. The second-order valence-electron chi connectivity index (χ2n) is 16.5. The summed E-state index contributed by atoms with van der Waals surface area (Å²) >= 11 is -1.26. The van der Waals surface area contributed by atoms with Crippen molar-refractivity contribution >= 4 is 37.6 Å². The standard InChI is InChI=1S/C45H67FN4O4S2/c1-3-4-5-6-7-8-9-10-11-12-13-17-32-54-43-21-19-39(34-41(43)46)56(52,53)44-35-47-42-20-18-38(55(2)51)33-40(42)45(44)50-30-24-37(25-31-50)49-28-22-36(23-29-49)48-26-15-14-16-27-48/h18-21,33-37H,3-17,22-32H2,1-2H3. The van der Waals surface area contributed by atoms with Gasteiger partial charge in [0.15, 0.2) is 16.5 Å². The fourth-order valence-electron chi connectivity index (χ4n) is 9.21. The first-order valence-electron chi connectivity index (χ1n) is 21.9. The molecule has 2 aromatic carbocycles. The molecule has 8 nitrogen and oxygen atoms in total. The van der Waals surface area contributed by atoms with Crippen LogP contribution in [0.25, 0.3) is 10.9 Å². The molecule has 11 heteroatoms. The maximum atomic E-state index is 15.5. The SMILES string of the molecule is CCCCCCCCCCCCCCOc1ccc(S(=O)(=O)c2cnc3ccc([S+](C)[O-])cc3c2N2CCC(N3CCC(N4CCCCC4)CC3)CC2)cc1F. The second-order valence-corrected chi connectivity index (χ2v) is 19.8. The van der Waals surface area contributed by atoms with Gasteiger partial charge < -0.3 is 24.0 Å². The first-order chi connectivity index (χ1) is 27.3. The number of unbranched alkanes of at least 4 members (excludes halogenated alkanes) is 11. The molecule has 3 aliphatic heterocycles. The van der Waals surface area contributed by atoms with Gasteiger partial charge in [0.05, 0.1) is 22.7 Å². The highest BCUT2D eigenvalue weighted by molar-refractivity contribution is 7.91. The van der Waals surface area contributed by atoms with Gasteiger partial charge in [-0.15, -0.1) is 0 Å². The van der Waals surface area contributed by atoms with Gasteiger partial charge in [0.25, 0.3) is 0 Å². The van der Waals surface area contributed by atoms with Crippen LogP contribution in [0.5, 0.6) is 5.75 Å². The Kier molecular flexibility index (Phi) is 16.6. The van der Waals surface area contributed by atoms with E-state index in [1.54, 1.807) is 12.3 Å². The first kappa shape index (κ1) is 43.1. The molecule has 4 heterocycles. The molecule has 0 radical (unpaired) electrons. The minimum Gasteiger partial charge on any atom is -0.612 e. The van der Waals surface area contributed by atoms with Crippen molar-refractivity contribution in [2.45, 2.75) is 156 Å². The van der Waals surface area contributed by atoms with Crippen LogP contribution in [0, 0.1) is 5.82 Å². The summed E-state index contributed by atoms with van der Waals surface area (Å²) in [6.45, 7) is 8.74. The van der Waals surface area contributed by atoms with Crippen molar-refractivity contribution in [2.75, 3.05) is 57.0 Å². The van der Waals surface area contributed by atoms with Gasteiger partial charge in [0.1, 0.15) is 11.2 Å². The van der Waals surface area contributed by atoms with Gasteiger partial charge in [-0.25, -0.2) is 12.8 Å². The van der Waals surface area contributed by atoms with E-state index < -0.39 is 26.8 Å². The van der Waals surface area contributed by atoms with Crippen molar-refractivity contribution in [3.8, 4) is 5.75 Å².